The fourth-order valence-electron chi connectivity index (χ4n) is 3.14. The topological polar surface area (TPSA) is 99.3 Å². The Hall–Kier alpha value is -4.45. The third-order valence-corrected chi connectivity index (χ3v) is 5.12. The minimum absolute atomic E-state index is 0.125. The van der Waals surface area contributed by atoms with Crippen molar-refractivity contribution in [2.24, 2.45) is 0 Å². The number of alkyl halides is 3. The van der Waals surface area contributed by atoms with Gasteiger partial charge in [-0.1, -0.05) is 11.6 Å². The summed E-state index contributed by atoms with van der Waals surface area (Å²) < 4.78 is 60.1. The van der Waals surface area contributed by atoms with E-state index in [0.717, 1.165) is 18.2 Å². The standard InChI is InChI=1S/C23H13ClF4N4O4/c24-17-9-13(23(26,27)28)12-29-22(17)36-20-6-3-14(10-19(20)31-7-1-2-8-31)30-21(33)16-11-15(32(34)35)4-5-18(16)25/h1-12H,(H,30,33). The van der Waals surface area contributed by atoms with Gasteiger partial charge in [0.2, 0.25) is 5.88 Å². The number of carbonyl (C=O) groups is 1. The number of nitro benzene ring substituents is 1. The Bertz CT molecular complexity index is 1460. The number of nitrogens with zero attached hydrogens (tertiary/aromatic N) is 3. The minimum Gasteiger partial charge on any atom is -0.435 e. The number of nitro groups is 1. The van der Waals surface area contributed by atoms with Gasteiger partial charge in [-0.2, -0.15) is 13.2 Å². The number of halogens is 5. The van der Waals surface area contributed by atoms with Crippen LogP contribution < -0.4 is 10.1 Å². The molecule has 0 bridgehead atoms. The van der Waals surface area contributed by atoms with Gasteiger partial charge in [0.15, 0.2) is 5.75 Å². The molecule has 1 amide bonds. The highest BCUT2D eigenvalue weighted by Crippen LogP contribution is 2.37. The van der Waals surface area contributed by atoms with Gasteiger partial charge in [0.25, 0.3) is 11.6 Å². The third kappa shape index (κ3) is 5.28. The van der Waals surface area contributed by atoms with E-state index in [1.54, 1.807) is 29.1 Å². The molecule has 0 saturated carbocycles. The summed E-state index contributed by atoms with van der Waals surface area (Å²) in [5.74, 6) is -2.05. The predicted molar refractivity (Wildman–Crippen MR) is 121 cm³/mol. The average molecular weight is 521 g/mol. The maximum absolute atomic E-state index is 14.1. The quantitative estimate of drug-likeness (QED) is 0.175. The molecule has 2 aromatic carbocycles. The van der Waals surface area contributed by atoms with Crippen molar-refractivity contribution in [2.45, 2.75) is 6.18 Å². The van der Waals surface area contributed by atoms with Crippen LogP contribution in [0.4, 0.5) is 28.9 Å². The van der Waals surface area contributed by atoms with Crippen LogP contribution in [0.3, 0.4) is 0 Å². The molecule has 8 nitrogen and oxygen atoms in total. The van der Waals surface area contributed by atoms with Crippen LogP contribution in [0.5, 0.6) is 11.6 Å². The molecule has 2 heterocycles. The molecule has 0 aliphatic heterocycles. The molecule has 184 valence electrons. The number of amides is 1. The SMILES string of the molecule is O=C(Nc1ccc(Oc2ncc(C(F)(F)F)cc2Cl)c(-n2cccc2)c1)c1cc([N+](=O)[O-])ccc1F. The number of nitrogens with one attached hydrogen (secondary N) is 1. The van der Waals surface area contributed by atoms with Gasteiger partial charge in [-0.3, -0.25) is 14.9 Å². The van der Waals surface area contributed by atoms with Crippen LogP contribution in [0.1, 0.15) is 15.9 Å². The molecule has 0 aliphatic carbocycles. The number of benzene rings is 2. The van der Waals surface area contributed by atoms with E-state index in [0.29, 0.717) is 18.0 Å². The molecule has 0 saturated heterocycles. The highest BCUT2D eigenvalue weighted by Gasteiger charge is 2.32. The lowest BCUT2D eigenvalue weighted by Crippen LogP contribution is -2.14. The summed E-state index contributed by atoms with van der Waals surface area (Å²) in [5, 5.41) is 13.0. The van der Waals surface area contributed by atoms with Crippen molar-refractivity contribution in [1.29, 1.82) is 0 Å². The van der Waals surface area contributed by atoms with Crippen molar-refractivity contribution < 1.29 is 32.0 Å². The number of hydrogen-bond donors (Lipinski definition) is 1. The number of rotatable bonds is 6. The number of hydrogen-bond acceptors (Lipinski definition) is 5. The summed E-state index contributed by atoms with van der Waals surface area (Å²) in [6.07, 6.45) is -0.783. The Balaban J connectivity index is 1.66. The second kappa shape index (κ2) is 9.66. The number of ether oxygens (including phenoxy) is 1. The molecule has 0 spiro atoms. The van der Waals surface area contributed by atoms with E-state index >= 15 is 0 Å². The van der Waals surface area contributed by atoms with E-state index in [1.807, 2.05) is 0 Å². The normalized spacial score (nSPS) is 11.2. The monoisotopic (exact) mass is 520 g/mol. The van der Waals surface area contributed by atoms with Gasteiger partial charge in [-0.05, 0) is 42.5 Å². The molecule has 13 heteroatoms. The van der Waals surface area contributed by atoms with Crippen molar-refractivity contribution in [2.75, 3.05) is 5.32 Å². The third-order valence-electron chi connectivity index (χ3n) is 4.85. The largest absolute Gasteiger partial charge is 0.435 e. The summed E-state index contributed by atoms with van der Waals surface area (Å²) in [7, 11) is 0. The van der Waals surface area contributed by atoms with E-state index < -0.39 is 39.6 Å². The highest BCUT2D eigenvalue weighted by atomic mass is 35.5. The molecule has 1 N–H and O–H groups in total. The molecule has 0 unspecified atom stereocenters. The van der Waals surface area contributed by atoms with Crippen LogP contribution in [0.25, 0.3) is 5.69 Å². The predicted octanol–water partition coefficient (Wildman–Crippen LogP) is 6.64. The fraction of sp³-hybridized carbons (Fsp3) is 0.0435. The number of pyridine rings is 1. The van der Waals surface area contributed by atoms with Crippen LogP contribution in [0.15, 0.2) is 73.2 Å². The zero-order chi connectivity index (χ0) is 26.0. The van der Waals surface area contributed by atoms with Gasteiger partial charge in [0, 0.05) is 36.4 Å². The Morgan fingerprint density at radius 3 is 2.47 bits per heavy atom. The molecule has 4 aromatic rings. The van der Waals surface area contributed by atoms with Crippen molar-refractivity contribution in [3.63, 3.8) is 0 Å². The van der Waals surface area contributed by atoms with Gasteiger partial charge < -0.3 is 14.6 Å². The number of non-ortho nitro benzene ring substituents is 1. The second-order valence-electron chi connectivity index (χ2n) is 7.26. The van der Waals surface area contributed by atoms with Crippen LogP contribution >= 0.6 is 11.6 Å². The zero-order valence-corrected chi connectivity index (χ0v) is 18.5. The van der Waals surface area contributed by atoms with Crippen molar-refractivity contribution in [1.82, 2.24) is 9.55 Å². The molecule has 36 heavy (non-hydrogen) atoms. The Morgan fingerprint density at radius 1 is 1.11 bits per heavy atom. The summed E-state index contributed by atoms with van der Waals surface area (Å²) in [4.78, 5) is 26.5. The average Bonchev–Trinajstić information content (AvgIpc) is 3.35. The molecule has 0 atom stereocenters. The molecule has 2 aromatic heterocycles. The van der Waals surface area contributed by atoms with Crippen molar-refractivity contribution in [3.8, 4) is 17.3 Å². The molecular weight excluding hydrogens is 508 g/mol. The van der Waals surface area contributed by atoms with Gasteiger partial charge in [-0.25, -0.2) is 9.37 Å². The molecule has 0 aliphatic rings. The van der Waals surface area contributed by atoms with Gasteiger partial charge in [-0.15, -0.1) is 0 Å². The van der Waals surface area contributed by atoms with E-state index in [-0.39, 0.29) is 22.3 Å². The van der Waals surface area contributed by atoms with Crippen LogP contribution in [-0.2, 0) is 6.18 Å². The summed E-state index contributed by atoms with van der Waals surface area (Å²) >= 11 is 5.95. The number of carbonyl (C=O) groups excluding carboxylic acids is 1. The summed E-state index contributed by atoms with van der Waals surface area (Å²) in [6, 6.07) is 10.8. The van der Waals surface area contributed by atoms with Crippen LogP contribution in [0, 0.1) is 15.9 Å². The molecule has 0 radical (unpaired) electrons. The second-order valence-corrected chi connectivity index (χ2v) is 7.67. The lowest BCUT2D eigenvalue weighted by Gasteiger charge is -2.15. The van der Waals surface area contributed by atoms with E-state index in [4.69, 9.17) is 16.3 Å². The maximum Gasteiger partial charge on any atom is 0.417 e. The molecular formula is C23H13ClF4N4O4. The van der Waals surface area contributed by atoms with E-state index in [1.165, 1.54) is 18.2 Å². The maximum atomic E-state index is 14.1. The fourth-order valence-corrected chi connectivity index (χ4v) is 3.34. The zero-order valence-electron chi connectivity index (χ0n) is 17.8. The number of aromatic nitrogens is 2. The number of anilines is 1. The lowest BCUT2D eigenvalue weighted by atomic mass is 10.1. The first-order chi connectivity index (χ1) is 17.0. The first-order valence-electron chi connectivity index (χ1n) is 9.96. The summed E-state index contributed by atoms with van der Waals surface area (Å²) in [6.45, 7) is 0. The summed E-state index contributed by atoms with van der Waals surface area (Å²) in [5.41, 5.74) is -1.53. The van der Waals surface area contributed by atoms with E-state index in [2.05, 4.69) is 10.3 Å². The van der Waals surface area contributed by atoms with Gasteiger partial charge in [0.1, 0.15) is 10.8 Å². The Kier molecular flexibility index (Phi) is 6.62. The van der Waals surface area contributed by atoms with Crippen molar-refractivity contribution >= 4 is 28.9 Å². The lowest BCUT2D eigenvalue weighted by molar-refractivity contribution is -0.384. The van der Waals surface area contributed by atoms with Crippen LogP contribution in [0.2, 0.25) is 5.02 Å². The minimum atomic E-state index is -4.63. The first-order valence-corrected chi connectivity index (χ1v) is 10.3. The Morgan fingerprint density at radius 2 is 1.83 bits per heavy atom. The Labute approximate surface area is 204 Å². The van der Waals surface area contributed by atoms with Gasteiger partial charge >= 0.3 is 6.18 Å². The molecule has 0 fully saturated rings. The smallest absolute Gasteiger partial charge is 0.417 e. The highest BCUT2D eigenvalue weighted by molar-refractivity contribution is 6.31. The molecule has 4 rings (SSSR count). The van der Waals surface area contributed by atoms with Crippen molar-refractivity contribution in [3.05, 3.63) is 105 Å². The first kappa shape index (κ1) is 24.7. The van der Waals surface area contributed by atoms with Gasteiger partial charge in [0.05, 0.1) is 21.7 Å². The van der Waals surface area contributed by atoms with Crippen LogP contribution in [-0.4, -0.2) is 20.4 Å². The van der Waals surface area contributed by atoms with E-state index in [9.17, 15) is 32.5 Å².